The van der Waals surface area contributed by atoms with Gasteiger partial charge in [0, 0.05) is 16.5 Å². The van der Waals surface area contributed by atoms with Gasteiger partial charge in [-0.3, -0.25) is 0 Å². The Hall–Kier alpha value is -0.510. The molecule has 0 bridgehead atoms. The van der Waals surface area contributed by atoms with E-state index in [1.165, 1.54) is 10.5 Å². The minimum absolute atomic E-state index is 0.139. The fraction of sp³-hybridized carbons (Fsp3) is 0.538. The van der Waals surface area contributed by atoms with E-state index in [0.717, 1.165) is 0 Å². The van der Waals surface area contributed by atoms with E-state index in [4.69, 9.17) is 0 Å². The third-order valence-corrected chi connectivity index (χ3v) is 3.36. The van der Waals surface area contributed by atoms with Crippen LogP contribution in [0.4, 0.5) is 0 Å². The molecule has 0 fully saturated rings. The number of thioether (sulfide) groups is 1. The summed E-state index contributed by atoms with van der Waals surface area (Å²) < 4.78 is 0. The van der Waals surface area contributed by atoms with Gasteiger partial charge in [0.1, 0.15) is 0 Å². The predicted octanol–water partition coefficient (Wildman–Crippen LogP) is 2.83. The largest absolute Gasteiger partial charge is 0.394 e. The van der Waals surface area contributed by atoms with Crippen molar-refractivity contribution in [1.29, 1.82) is 0 Å². The van der Waals surface area contributed by atoms with Crippen molar-refractivity contribution in [1.82, 2.24) is 5.32 Å². The summed E-state index contributed by atoms with van der Waals surface area (Å²) in [6, 6.07) is 8.78. The third-order valence-electron chi connectivity index (χ3n) is 2.62. The van der Waals surface area contributed by atoms with Crippen LogP contribution in [0.25, 0.3) is 0 Å². The van der Waals surface area contributed by atoms with Crippen LogP contribution in [0.5, 0.6) is 0 Å². The molecule has 1 rings (SSSR count). The van der Waals surface area contributed by atoms with Gasteiger partial charge in [-0.2, -0.15) is 0 Å². The maximum Gasteiger partial charge on any atom is 0.0608 e. The molecule has 0 aromatic heterocycles. The Labute approximate surface area is 102 Å². The molecule has 16 heavy (non-hydrogen) atoms. The second kappa shape index (κ2) is 5.71. The fourth-order valence-electron chi connectivity index (χ4n) is 1.61. The SMILES string of the molecule is CSc1ccc(C(C)NC(C)(C)CO)cc1. The van der Waals surface area contributed by atoms with E-state index in [1.807, 2.05) is 13.8 Å². The summed E-state index contributed by atoms with van der Waals surface area (Å²) in [6.07, 6.45) is 2.07. The molecule has 0 radical (unpaired) electrons. The minimum atomic E-state index is -0.238. The summed E-state index contributed by atoms with van der Waals surface area (Å²) in [5.74, 6) is 0. The molecule has 0 aliphatic heterocycles. The Morgan fingerprint density at radius 1 is 1.31 bits per heavy atom. The second-order valence-corrected chi connectivity index (χ2v) is 5.56. The summed E-state index contributed by atoms with van der Waals surface area (Å²) in [5, 5.41) is 12.6. The van der Waals surface area contributed by atoms with Crippen molar-refractivity contribution in [2.75, 3.05) is 12.9 Å². The maximum atomic E-state index is 9.21. The van der Waals surface area contributed by atoms with E-state index < -0.39 is 0 Å². The van der Waals surface area contributed by atoms with Crippen molar-refractivity contribution in [3.8, 4) is 0 Å². The molecule has 0 aliphatic carbocycles. The average Bonchev–Trinajstić information content (AvgIpc) is 2.28. The van der Waals surface area contributed by atoms with Crippen LogP contribution >= 0.6 is 11.8 Å². The first kappa shape index (κ1) is 13.6. The molecule has 0 heterocycles. The van der Waals surface area contributed by atoms with Crippen LogP contribution in [0.1, 0.15) is 32.4 Å². The van der Waals surface area contributed by atoms with Crippen molar-refractivity contribution in [2.45, 2.75) is 37.2 Å². The Morgan fingerprint density at radius 3 is 2.31 bits per heavy atom. The van der Waals surface area contributed by atoms with Gasteiger partial charge in [0.25, 0.3) is 0 Å². The molecule has 90 valence electrons. The van der Waals surface area contributed by atoms with Gasteiger partial charge in [0.15, 0.2) is 0 Å². The smallest absolute Gasteiger partial charge is 0.0608 e. The second-order valence-electron chi connectivity index (χ2n) is 4.68. The number of aliphatic hydroxyl groups is 1. The van der Waals surface area contributed by atoms with Crippen LogP contribution in [-0.2, 0) is 0 Å². The molecular weight excluding hydrogens is 218 g/mol. The van der Waals surface area contributed by atoms with Gasteiger partial charge in [0.2, 0.25) is 0 Å². The first-order valence-corrected chi connectivity index (χ1v) is 6.73. The molecule has 0 saturated carbocycles. The van der Waals surface area contributed by atoms with Gasteiger partial charge < -0.3 is 10.4 Å². The lowest BCUT2D eigenvalue weighted by molar-refractivity contribution is 0.178. The van der Waals surface area contributed by atoms with Gasteiger partial charge in [-0.15, -0.1) is 11.8 Å². The van der Waals surface area contributed by atoms with Crippen LogP contribution < -0.4 is 5.32 Å². The third kappa shape index (κ3) is 3.81. The fourth-order valence-corrected chi connectivity index (χ4v) is 2.02. The minimum Gasteiger partial charge on any atom is -0.394 e. The zero-order valence-corrected chi connectivity index (χ0v) is 11.3. The number of hydrogen-bond acceptors (Lipinski definition) is 3. The summed E-state index contributed by atoms with van der Waals surface area (Å²) >= 11 is 1.75. The molecule has 1 unspecified atom stereocenters. The Kier molecular flexibility index (Phi) is 4.84. The molecule has 1 aromatic carbocycles. The van der Waals surface area contributed by atoms with Crippen LogP contribution in [-0.4, -0.2) is 23.5 Å². The van der Waals surface area contributed by atoms with Crippen LogP contribution in [0, 0.1) is 0 Å². The molecule has 0 amide bonds. The molecule has 2 N–H and O–H groups in total. The van der Waals surface area contributed by atoms with E-state index in [0.29, 0.717) is 0 Å². The highest BCUT2D eigenvalue weighted by atomic mass is 32.2. The van der Waals surface area contributed by atoms with E-state index in [-0.39, 0.29) is 18.2 Å². The van der Waals surface area contributed by atoms with Crippen molar-refractivity contribution in [3.63, 3.8) is 0 Å². The van der Waals surface area contributed by atoms with Crippen LogP contribution in [0.15, 0.2) is 29.2 Å². The summed E-state index contributed by atoms with van der Waals surface area (Å²) in [4.78, 5) is 1.28. The van der Waals surface area contributed by atoms with Crippen molar-refractivity contribution in [3.05, 3.63) is 29.8 Å². The Balaban J connectivity index is 2.69. The Bertz CT molecular complexity index is 321. The first-order valence-electron chi connectivity index (χ1n) is 5.51. The average molecular weight is 239 g/mol. The van der Waals surface area contributed by atoms with Gasteiger partial charge in [-0.1, -0.05) is 12.1 Å². The lowest BCUT2D eigenvalue weighted by Crippen LogP contribution is -2.43. The van der Waals surface area contributed by atoms with Crippen LogP contribution in [0.2, 0.25) is 0 Å². The molecular formula is C13H21NOS. The van der Waals surface area contributed by atoms with Gasteiger partial charge in [0.05, 0.1) is 6.61 Å². The maximum absolute atomic E-state index is 9.21. The monoisotopic (exact) mass is 239 g/mol. The Morgan fingerprint density at radius 2 is 1.88 bits per heavy atom. The quantitative estimate of drug-likeness (QED) is 0.775. The van der Waals surface area contributed by atoms with E-state index >= 15 is 0 Å². The predicted molar refractivity (Wildman–Crippen MR) is 70.9 cm³/mol. The molecule has 0 spiro atoms. The molecule has 0 aliphatic rings. The van der Waals surface area contributed by atoms with Gasteiger partial charge >= 0.3 is 0 Å². The molecule has 1 atom stereocenters. The highest BCUT2D eigenvalue weighted by molar-refractivity contribution is 7.98. The van der Waals surface area contributed by atoms with Gasteiger partial charge in [-0.05, 0) is 44.7 Å². The van der Waals surface area contributed by atoms with Crippen LogP contribution in [0.3, 0.4) is 0 Å². The lowest BCUT2D eigenvalue weighted by Gasteiger charge is -2.28. The number of hydrogen-bond donors (Lipinski definition) is 2. The lowest BCUT2D eigenvalue weighted by atomic mass is 10.0. The number of benzene rings is 1. The molecule has 0 saturated heterocycles. The number of nitrogens with one attached hydrogen (secondary N) is 1. The summed E-state index contributed by atoms with van der Waals surface area (Å²) in [6.45, 7) is 6.26. The van der Waals surface area contributed by atoms with Crippen molar-refractivity contribution < 1.29 is 5.11 Å². The first-order chi connectivity index (χ1) is 7.48. The number of rotatable bonds is 5. The summed E-state index contributed by atoms with van der Waals surface area (Å²) in [7, 11) is 0. The highest BCUT2D eigenvalue weighted by Gasteiger charge is 2.19. The zero-order chi connectivity index (χ0) is 12.2. The van der Waals surface area contributed by atoms with Crippen molar-refractivity contribution >= 4 is 11.8 Å². The normalized spacial score (nSPS) is 13.8. The standard InChI is InChI=1S/C13H21NOS/c1-10(14-13(2,3)9-15)11-5-7-12(16-4)8-6-11/h5-8,10,14-15H,9H2,1-4H3. The highest BCUT2D eigenvalue weighted by Crippen LogP contribution is 2.20. The van der Waals surface area contributed by atoms with Gasteiger partial charge in [-0.25, -0.2) is 0 Å². The van der Waals surface area contributed by atoms with E-state index in [9.17, 15) is 5.11 Å². The molecule has 3 heteroatoms. The van der Waals surface area contributed by atoms with Crippen molar-refractivity contribution in [2.24, 2.45) is 0 Å². The molecule has 2 nitrogen and oxygen atoms in total. The van der Waals surface area contributed by atoms with E-state index in [1.54, 1.807) is 11.8 Å². The zero-order valence-electron chi connectivity index (χ0n) is 10.4. The topological polar surface area (TPSA) is 32.3 Å². The molecule has 1 aromatic rings. The van der Waals surface area contributed by atoms with E-state index in [2.05, 4.69) is 42.8 Å². The summed E-state index contributed by atoms with van der Waals surface area (Å²) in [5.41, 5.74) is 1.01. The number of aliphatic hydroxyl groups excluding tert-OH is 1.